The molecule has 1 saturated carbocycles. The van der Waals surface area contributed by atoms with Crippen LogP contribution in [0.5, 0.6) is 11.5 Å². The molecule has 2 atom stereocenters. The number of nitrogens with one attached hydrogen (secondary N) is 1. The van der Waals surface area contributed by atoms with Gasteiger partial charge in [-0.3, -0.25) is 4.79 Å². The van der Waals surface area contributed by atoms with Gasteiger partial charge in [-0.25, -0.2) is 0 Å². The number of methoxy groups -OCH3 is 1. The molecule has 2 unspecified atom stereocenters. The van der Waals surface area contributed by atoms with Crippen molar-refractivity contribution in [2.24, 2.45) is 5.92 Å². The van der Waals surface area contributed by atoms with Crippen LogP contribution in [0.4, 0.5) is 5.69 Å². The number of rotatable bonds is 10. The van der Waals surface area contributed by atoms with E-state index in [1.165, 1.54) is 6.42 Å². The fraction of sp³-hybridized carbons (Fsp3) is 0.567. The zero-order valence-corrected chi connectivity index (χ0v) is 22.2. The highest BCUT2D eigenvalue weighted by molar-refractivity contribution is 5.73. The molecule has 6 nitrogen and oxygen atoms in total. The molecular formula is C30H41NO5. The van der Waals surface area contributed by atoms with Crippen LogP contribution in [0.1, 0.15) is 82.9 Å². The van der Waals surface area contributed by atoms with Crippen molar-refractivity contribution in [3.8, 4) is 11.5 Å². The number of fused-ring (bicyclic) bond motifs is 1. The smallest absolute Gasteiger partial charge is 0.309 e. The number of hydrogen-bond acceptors (Lipinski definition) is 6. The summed E-state index contributed by atoms with van der Waals surface area (Å²) in [5.41, 5.74) is 2.34. The highest BCUT2D eigenvalue weighted by atomic mass is 16.6. The number of unbranched alkanes of at least 4 members (excludes halogenated alkanes) is 1. The van der Waals surface area contributed by atoms with Crippen molar-refractivity contribution in [2.75, 3.05) is 19.0 Å². The topological polar surface area (TPSA) is 66.0 Å². The van der Waals surface area contributed by atoms with E-state index in [0.717, 1.165) is 66.8 Å². The third-order valence-electron chi connectivity index (χ3n) is 7.28. The Hall–Kier alpha value is -2.73. The second-order valence-corrected chi connectivity index (χ2v) is 10.5. The molecule has 1 N–H and O–H groups in total. The summed E-state index contributed by atoms with van der Waals surface area (Å²) in [6.07, 6.45) is 6.28. The third-order valence-corrected chi connectivity index (χ3v) is 7.28. The average molecular weight is 496 g/mol. The van der Waals surface area contributed by atoms with Gasteiger partial charge in [0, 0.05) is 24.4 Å². The molecule has 0 saturated heterocycles. The van der Waals surface area contributed by atoms with E-state index in [1.54, 1.807) is 7.11 Å². The monoisotopic (exact) mass is 495 g/mol. The Kier molecular flexibility index (Phi) is 8.78. The Labute approximate surface area is 215 Å². The van der Waals surface area contributed by atoms with Crippen LogP contribution in [-0.4, -0.2) is 31.4 Å². The van der Waals surface area contributed by atoms with Gasteiger partial charge >= 0.3 is 5.97 Å². The Morgan fingerprint density at radius 2 is 1.83 bits per heavy atom. The number of carbonyl (C=O) groups excluding carboxylic acids is 1. The highest BCUT2D eigenvalue weighted by Gasteiger charge is 2.48. The summed E-state index contributed by atoms with van der Waals surface area (Å²) in [5.74, 6) is 1.48. The fourth-order valence-corrected chi connectivity index (χ4v) is 5.09. The second-order valence-electron chi connectivity index (χ2n) is 10.5. The van der Waals surface area contributed by atoms with Gasteiger partial charge in [0.2, 0.25) is 0 Å². The number of ether oxygens (including phenoxy) is 4. The molecular weight excluding hydrogens is 454 g/mol. The Balaban J connectivity index is 1.55. The lowest BCUT2D eigenvalue weighted by atomic mass is 9.86. The van der Waals surface area contributed by atoms with Gasteiger partial charge in [-0.2, -0.15) is 0 Å². The van der Waals surface area contributed by atoms with Crippen molar-refractivity contribution in [2.45, 2.75) is 90.1 Å². The maximum absolute atomic E-state index is 13.2. The van der Waals surface area contributed by atoms with Crippen molar-refractivity contribution in [3.05, 3.63) is 53.6 Å². The standard InChI is InChI=1S/C30H41NO5/c1-5-6-18-34-27-25-19-23(31-20-21-12-15-24(33-4)16-13-21)14-17-26(25)36-30(2,3)28(27)35-29(32)22-10-8-7-9-11-22/h12-17,19,22,27-28,31H,5-11,18,20H2,1-4H3. The van der Waals surface area contributed by atoms with E-state index in [0.29, 0.717) is 13.2 Å². The molecule has 6 heteroatoms. The predicted molar refractivity (Wildman–Crippen MR) is 142 cm³/mol. The molecule has 0 radical (unpaired) electrons. The molecule has 1 aliphatic heterocycles. The first kappa shape index (κ1) is 26.3. The molecule has 2 aliphatic rings. The summed E-state index contributed by atoms with van der Waals surface area (Å²) < 4.78 is 24.3. The summed E-state index contributed by atoms with van der Waals surface area (Å²) in [5, 5.41) is 3.50. The lowest BCUT2D eigenvalue weighted by molar-refractivity contribution is -0.189. The van der Waals surface area contributed by atoms with Crippen molar-refractivity contribution >= 4 is 11.7 Å². The zero-order valence-electron chi connectivity index (χ0n) is 22.2. The first-order valence-corrected chi connectivity index (χ1v) is 13.4. The molecule has 2 aromatic rings. The average Bonchev–Trinajstić information content (AvgIpc) is 2.89. The molecule has 1 heterocycles. The zero-order chi connectivity index (χ0) is 25.5. The van der Waals surface area contributed by atoms with E-state index in [-0.39, 0.29) is 18.0 Å². The van der Waals surface area contributed by atoms with Crippen molar-refractivity contribution in [3.63, 3.8) is 0 Å². The quantitative estimate of drug-likeness (QED) is 0.288. The van der Waals surface area contributed by atoms with Crippen LogP contribution in [0.15, 0.2) is 42.5 Å². The minimum atomic E-state index is -0.702. The van der Waals surface area contributed by atoms with Crippen molar-refractivity contribution in [1.82, 2.24) is 0 Å². The number of anilines is 1. The lowest BCUT2D eigenvalue weighted by Crippen LogP contribution is -2.52. The Bertz CT molecular complexity index is 997. The molecule has 4 rings (SSSR count). The van der Waals surface area contributed by atoms with Gasteiger partial charge in [0.05, 0.1) is 13.0 Å². The highest BCUT2D eigenvalue weighted by Crippen LogP contribution is 2.45. The van der Waals surface area contributed by atoms with E-state index < -0.39 is 11.7 Å². The van der Waals surface area contributed by atoms with Gasteiger partial charge in [0.15, 0.2) is 6.10 Å². The molecule has 0 spiro atoms. The van der Waals surface area contributed by atoms with Crippen molar-refractivity contribution in [1.29, 1.82) is 0 Å². The van der Waals surface area contributed by atoms with Gasteiger partial charge in [-0.15, -0.1) is 0 Å². The van der Waals surface area contributed by atoms with E-state index in [2.05, 4.69) is 18.3 Å². The first-order chi connectivity index (χ1) is 17.4. The van der Waals surface area contributed by atoms with E-state index in [9.17, 15) is 4.79 Å². The molecule has 0 aromatic heterocycles. The predicted octanol–water partition coefficient (Wildman–Crippen LogP) is 6.83. The minimum absolute atomic E-state index is 0.0234. The van der Waals surface area contributed by atoms with Gasteiger partial charge < -0.3 is 24.3 Å². The normalized spacial score (nSPS) is 21.2. The fourth-order valence-electron chi connectivity index (χ4n) is 5.09. The summed E-state index contributed by atoms with van der Waals surface area (Å²) in [7, 11) is 1.67. The largest absolute Gasteiger partial charge is 0.497 e. The molecule has 1 fully saturated rings. The molecule has 0 bridgehead atoms. The Morgan fingerprint density at radius 3 is 2.53 bits per heavy atom. The maximum Gasteiger partial charge on any atom is 0.309 e. The number of benzene rings is 2. The number of hydrogen-bond donors (Lipinski definition) is 1. The number of esters is 1. The SMILES string of the molecule is CCCCOC1c2cc(NCc3ccc(OC)cc3)ccc2OC(C)(C)C1OC(=O)C1CCCCC1. The van der Waals surface area contributed by atoms with Crippen LogP contribution >= 0.6 is 0 Å². The molecule has 0 amide bonds. The lowest BCUT2D eigenvalue weighted by Gasteiger charge is -2.44. The molecule has 1 aliphatic carbocycles. The van der Waals surface area contributed by atoms with E-state index in [4.69, 9.17) is 18.9 Å². The van der Waals surface area contributed by atoms with E-state index >= 15 is 0 Å². The first-order valence-electron chi connectivity index (χ1n) is 13.4. The van der Waals surface area contributed by atoms with Gasteiger partial charge in [0.25, 0.3) is 0 Å². The summed E-state index contributed by atoms with van der Waals surface area (Å²) in [6, 6.07) is 14.1. The Morgan fingerprint density at radius 1 is 1.08 bits per heavy atom. The van der Waals surface area contributed by atoms with Crippen LogP contribution < -0.4 is 14.8 Å². The van der Waals surface area contributed by atoms with E-state index in [1.807, 2.05) is 50.2 Å². The van der Waals surface area contributed by atoms with Gasteiger partial charge in [-0.05, 0) is 69.0 Å². The third kappa shape index (κ3) is 6.33. The second kappa shape index (κ2) is 12.0. The van der Waals surface area contributed by atoms with Crippen LogP contribution in [0.2, 0.25) is 0 Å². The van der Waals surface area contributed by atoms with Crippen molar-refractivity contribution < 1.29 is 23.7 Å². The van der Waals surface area contributed by atoms with Crippen LogP contribution in [0, 0.1) is 5.92 Å². The summed E-state index contributed by atoms with van der Waals surface area (Å²) >= 11 is 0. The molecule has 36 heavy (non-hydrogen) atoms. The maximum atomic E-state index is 13.2. The molecule has 196 valence electrons. The van der Waals surface area contributed by atoms with Crippen LogP contribution in [-0.2, 0) is 20.8 Å². The summed E-state index contributed by atoms with van der Waals surface area (Å²) in [4.78, 5) is 13.2. The van der Waals surface area contributed by atoms with Gasteiger partial charge in [-0.1, -0.05) is 44.7 Å². The summed E-state index contributed by atoms with van der Waals surface area (Å²) in [6.45, 7) is 7.41. The van der Waals surface area contributed by atoms with Crippen LogP contribution in [0.3, 0.4) is 0 Å². The number of carbonyl (C=O) groups is 1. The molecule has 2 aromatic carbocycles. The van der Waals surface area contributed by atoms with Gasteiger partial charge in [0.1, 0.15) is 23.2 Å². The minimum Gasteiger partial charge on any atom is -0.497 e. The van der Waals surface area contributed by atoms with Crippen LogP contribution in [0.25, 0.3) is 0 Å².